The van der Waals surface area contributed by atoms with Crippen molar-refractivity contribution in [2.24, 2.45) is 0 Å². The van der Waals surface area contributed by atoms with Gasteiger partial charge in [-0.3, -0.25) is 0 Å². The van der Waals surface area contributed by atoms with E-state index in [4.69, 9.17) is 4.74 Å². The number of hydrogen-bond acceptors (Lipinski definition) is 2. The van der Waals surface area contributed by atoms with Crippen molar-refractivity contribution in [2.75, 3.05) is 13.2 Å². The molecule has 1 atom stereocenters. The zero-order chi connectivity index (χ0) is 12.3. The molecule has 1 aromatic carbocycles. The van der Waals surface area contributed by atoms with Gasteiger partial charge in [-0.1, -0.05) is 43.3 Å². The molecule has 0 aliphatic heterocycles. The van der Waals surface area contributed by atoms with Gasteiger partial charge in [0.1, 0.15) is 0 Å². The maximum absolute atomic E-state index is 5.67. The average molecular weight is 233 g/mol. The molecule has 1 unspecified atom stereocenters. The summed E-state index contributed by atoms with van der Waals surface area (Å²) < 4.78 is 5.67. The number of rotatable bonds is 9. The lowest BCUT2D eigenvalue weighted by molar-refractivity contribution is 0.111. The van der Waals surface area contributed by atoms with E-state index in [9.17, 15) is 0 Å². The zero-order valence-corrected chi connectivity index (χ0v) is 10.7. The highest BCUT2D eigenvalue weighted by molar-refractivity contribution is 5.13. The highest BCUT2D eigenvalue weighted by atomic mass is 16.5. The highest BCUT2D eigenvalue weighted by Gasteiger charge is 2.04. The Labute approximate surface area is 105 Å². The number of hydrogen-bond donors (Lipinski definition) is 1. The SMILES string of the molecule is C=CCC(CCOCc1ccccc1)NCC. The van der Waals surface area contributed by atoms with E-state index in [1.165, 1.54) is 5.56 Å². The van der Waals surface area contributed by atoms with Gasteiger partial charge in [0.15, 0.2) is 0 Å². The van der Waals surface area contributed by atoms with Crippen LogP contribution in [0.25, 0.3) is 0 Å². The van der Waals surface area contributed by atoms with Crippen LogP contribution in [-0.4, -0.2) is 19.2 Å². The Morgan fingerprint density at radius 3 is 2.76 bits per heavy atom. The second-order valence-corrected chi connectivity index (χ2v) is 4.11. The molecule has 2 heteroatoms. The minimum absolute atomic E-state index is 0.494. The molecule has 0 saturated heterocycles. The monoisotopic (exact) mass is 233 g/mol. The smallest absolute Gasteiger partial charge is 0.0716 e. The van der Waals surface area contributed by atoms with Crippen LogP contribution < -0.4 is 5.32 Å². The van der Waals surface area contributed by atoms with Gasteiger partial charge >= 0.3 is 0 Å². The Morgan fingerprint density at radius 2 is 2.12 bits per heavy atom. The topological polar surface area (TPSA) is 21.3 Å². The molecule has 0 fully saturated rings. The van der Waals surface area contributed by atoms with Gasteiger partial charge in [0, 0.05) is 12.6 Å². The van der Waals surface area contributed by atoms with Crippen molar-refractivity contribution < 1.29 is 4.74 Å². The van der Waals surface area contributed by atoms with Crippen LogP contribution in [0.2, 0.25) is 0 Å². The molecule has 17 heavy (non-hydrogen) atoms. The molecule has 1 rings (SSSR count). The van der Waals surface area contributed by atoms with Crippen molar-refractivity contribution in [3.63, 3.8) is 0 Å². The molecular formula is C15H23NO. The summed E-state index contributed by atoms with van der Waals surface area (Å²) in [6, 6.07) is 10.8. The fourth-order valence-electron chi connectivity index (χ4n) is 1.78. The summed E-state index contributed by atoms with van der Waals surface area (Å²) in [5.74, 6) is 0. The van der Waals surface area contributed by atoms with E-state index in [2.05, 4.69) is 31.0 Å². The van der Waals surface area contributed by atoms with Crippen molar-refractivity contribution in [1.82, 2.24) is 5.32 Å². The van der Waals surface area contributed by atoms with Gasteiger partial charge in [-0.05, 0) is 24.9 Å². The predicted molar refractivity (Wildman–Crippen MR) is 73.0 cm³/mol. The molecule has 0 aliphatic carbocycles. The Hall–Kier alpha value is -1.12. The minimum atomic E-state index is 0.494. The fraction of sp³-hybridized carbons (Fsp3) is 0.467. The van der Waals surface area contributed by atoms with E-state index in [-0.39, 0.29) is 0 Å². The molecule has 0 aliphatic rings. The molecule has 1 N–H and O–H groups in total. The number of nitrogens with one attached hydrogen (secondary N) is 1. The first-order chi connectivity index (χ1) is 8.36. The van der Waals surface area contributed by atoms with Crippen LogP contribution in [0.15, 0.2) is 43.0 Å². The van der Waals surface area contributed by atoms with Crippen LogP contribution in [-0.2, 0) is 11.3 Å². The lowest BCUT2D eigenvalue weighted by Gasteiger charge is -2.15. The summed E-state index contributed by atoms with van der Waals surface area (Å²) in [5.41, 5.74) is 1.23. The zero-order valence-electron chi connectivity index (χ0n) is 10.7. The molecule has 94 valence electrons. The molecule has 0 heterocycles. The average Bonchev–Trinajstić information content (AvgIpc) is 2.36. The van der Waals surface area contributed by atoms with E-state index in [0.29, 0.717) is 12.6 Å². The van der Waals surface area contributed by atoms with Crippen molar-refractivity contribution in [3.8, 4) is 0 Å². The van der Waals surface area contributed by atoms with Gasteiger partial charge in [-0.15, -0.1) is 6.58 Å². The third kappa shape index (κ3) is 6.25. The lowest BCUT2D eigenvalue weighted by atomic mass is 10.1. The van der Waals surface area contributed by atoms with Crippen LogP contribution >= 0.6 is 0 Å². The third-order valence-corrected chi connectivity index (χ3v) is 2.67. The molecule has 1 aromatic rings. The summed E-state index contributed by atoms with van der Waals surface area (Å²) in [4.78, 5) is 0. The van der Waals surface area contributed by atoms with Gasteiger partial charge in [0.05, 0.1) is 6.61 Å². The first-order valence-electron chi connectivity index (χ1n) is 6.32. The fourth-order valence-corrected chi connectivity index (χ4v) is 1.78. The third-order valence-electron chi connectivity index (χ3n) is 2.67. The number of ether oxygens (including phenoxy) is 1. The Bertz CT molecular complexity index is 297. The molecule has 0 aromatic heterocycles. The second-order valence-electron chi connectivity index (χ2n) is 4.11. The van der Waals surface area contributed by atoms with E-state index in [1.807, 2.05) is 24.3 Å². The normalized spacial score (nSPS) is 12.3. The van der Waals surface area contributed by atoms with Crippen LogP contribution in [0.1, 0.15) is 25.3 Å². The summed E-state index contributed by atoms with van der Waals surface area (Å²) >= 11 is 0. The Balaban J connectivity index is 2.15. The van der Waals surface area contributed by atoms with Gasteiger partial charge in [-0.2, -0.15) is 0 Å². The standard InChI is InChI=1S/C15H23NO/c1-3-8-15(16-4-2)11-12-17-13-14-9-6-5-7-10-14/h3,5-7,9-10,15-16H,1,4,8,11-13H2,2H3. The number of benzene rings is 1. The quantitative estimate of drug-likeness (QED) is 0.522. The predicted octanol–water partition coefficient (Wildman–Crippen LogP) is 3.15. The van der Waals surface area contributed by atoms with Crippen molar-refractivity contribution in [2.45, 2.75) is 32.4 Å². The first kappa shape index (κ1) is 13.9. The van der Waals surface area contributed by atoms with Gasteiger partial charge in [0.25, 0.3) is 0 Å². The molecule has 0 saturated carbocycles. The summed E-state index contributed by atoms with van der Waals surface area (Å²) in [5, 5.41) is 3.43. The summed E-state index contributed by atoms with van der Waals surface area (Å²) in [7, 11) is 0. The summed E-state index contributed by atoms with van der Waals surface area (Å²) in [6.07, 6.45) is 4.00. The van der Waals surface area contributed by atoms with Crippen LogP contribution in [0.5, 0.6) is 0 Å². The molecule has 2 nitrogen and oxygen atoms in total. The lowest BCUT2D eigenvalue weighted by Crippen LogP contribution is -2.29. The largest absolute Gasteiger partial charge is 0.377 e. The second kappa shape index (κ2) is 8.97. The van der Waals surface area contributed by atoms with Crippen molar-refractivity contribution >= 4 is 0 Å². The molecule has 0 spiro atoms. The Kier molecular flexibility index (Phi) is 7.35. The molecule has 0 radical (unpaired) electrons. The summed E-state index contributed by atoms with van der Waals surface area (Å²) in [6.45, 7) is 8.40. The van der Waals surface area contributed by atoms with Crippen molar-refractivity contribution in [1.29, 1.82) is 0 Å². The first-order valence-corrected chi connectivity index (χ1v) is 6.32. The van der Waals surface area contributed by atoms with E-state index >= 15 is 0 Å². The Morgan fingerprint density at radius 1 is 1.35 bits per heavy atom. The maximum atomic E-state index is 5.67. The maximum Gasteiger partial charge on any atom is 0.0716 e. The van der Waals surface area contributed by atoms with Gasteiger partial charge in [0.2, 0.25) is 0 Å². The van der Waals surface area contributed by atoms with Crippen LogP contribution in [0, 0.1) is 0 Å². The van der Waals surface area contributed by atoms with Crippen LogP contribution in [0.3, 0.4) is 0 Å². The van der Waals surface area contributed by atoms with Crippen LogP contribution in [0.4, 0.5) is 0 Å². The van der Waals surface area contributed by atoms with E-state index in [1.54, 1.807) is 0 Å². The van der Waals surface area contributed by atoms with E-state index in [0.717, 1.165) is 26.0 Å². The van der Waals surface area contributed by atoms with E-state index < -0.39 is 0 Å². The van der Waals surface area contributed by atoms with Gasteiger partial charge in [-0.25, -0.2) is 0 Å². The molecule has 0 amide bonds. The van der Waals surface area contributed by atoms with Crippen molar-refractivity contribution in [3.05, 3.63) is 48.6 Å². The highest BCUT2D eigenvalue weighted by Crippen LogP contribution is 2.03. The molecular weight excluding hydrogens is 210 g/mol. The molecule has 0 bridgehead atoms. The van der Waals surface area contributed by atoms with Gasteiger partial charge < -0.3 is 10.1 Å². The minimum Gasteiger partial charge on any atom is -0.377 e.